The summed E-state index contributed by atoms with van der Waals surface area (Å²) in [4.78, 5) is 13.2. The van der Waals surface area contributed by atoms with Crippen molar-refractivity contribution in [3.63, 3.8) is 0 Å². The van der Waals surface area contributed by atoms with Gasteiger partial charge < -0.3 is 4.74 Å². The van der Waals surface area contributed by atoms with Gasteiger partial charge in [-0.3, -0.25) is 9.88 Å². The molecular formula is C24H27F3N4O. The number of pyridine rings is 1. The SMILES string of the molecule is Cc1ccccc1CN(Cc1cccnc1)CC(C)(C)COc1cnc(C(F)(F)F)nc1. The van der Waals surface area contributed by atoms with Crippen LogP contribution in [0.25, 0.3) is 0 Å². The van der Waals surface area contributed by atoms with E-state index in [9.17, 15) is 13.2 Å². The first kappa shape index (κ1) is 23.7. The molecule has 0 saturated carbocycles. The molecule has 8 heteroatoms. The smallest absolute Gasteiger partial charge is 0.451 e. The summed E-state index contributed by atoms with van der Waals surface area (Å²) in [5.74, 6) is -0.964. The summed E-state index contributed by atoms with van der Waals surface area (Å²) in [5, 5.41) is 0. The van der Waals surface area contributed by atoms with Crippen molar-refractivity contribution in [1.29, 1.82) is 0 Å². The minimum atomic E-state index is -4.57. The Kier molecular flexibility index (Phi) is 7.45. The van der Waals surface area contributed by atoms with Crippen molar-refractivity contribution in [2.45, 2.75) is 40.0 Å². The van der Waals surface area contributed by atoms with Gasteiger partial charge in [0.1, 0.15) is 0 Å². The van der Waals surface area contributed by atoms with Gasteiger partial charge in [0.05, 0.1) is 19.0 Å². The third kappa shape index (κ3) is 7.02. The van der Waals surface area contributed by atoms with Crippen LogP contribution < -0.4 is 4.74 Å². The highest BCUT2D eigenvalue weighted by atomic mass is 19.4. The van der Waals surface area contributed by atoms with Crippen LogP contribution in [0.4, 0.5) is 13.2 Å². The lowest BCUT2D eigenvalue weighted by molar-refractivity contribution is -0.145. The summed E-state index contributed by atoms with van der Waals surface area (Å²) in [6.07, 6.45) is 1.16. The second-order valence-corrected chi connectivity index (χ2v) is 8.63. The molecule has 2 aromatic heterocycles. The van der Waals surface area contributed by atoms with Crippen LogP contribution in [-0.2, 0) is 19.3 Å². The number of alkyl halides is 3. The van der Waals surface area contributed by atoms with Crippen molar-refractivity contribution in [3.05, 3.63) is 83.7 Å². The maximum absolute atomic E-state index is 12.6. The summed E-state index contributed by atoms with van der Waals surface area (Å²) in [5.41, 5.74) is 3.28. The molecule has 0 spiro atoms. The van der Waals surface area contributed by atoms with E-state index in [1.165, 1.54) is 11.1 Å². The van der Waals surface area contributed by atoms with Crippen LogP contribution >= 0.6 is 0 Å². The van der Waals surface area contributed by atoms with Crippen LogP contribution in [0.2, 0.25) is 0 Å². The Morgan fingerprint density at radius 3 is 2.28 bits per heavy atom. The first-order chi connectivity index (χ1) is 15.1. The lowest BCUT2D eigenvalue weighted by Gasteiger charge is -2.33. The van der Waals surface area contributed by atoms with E-state index in [-0.39, 0.29) is 11.2 Å². The predicted molar refractivity (Wildman–Crippen MR) is 116 cm³/mol. The molecule has 3 rings (SSSR count). The van der Waals surface area contributed by atoms with Gasteiger partial charge in [-0.1, -0.05) is 44.2 Å². The molecule has 0 atom stereocenters. The van der Waals surface area contributed by atoms with Gasteiger partial charge in [-0.2, -0.15) is 13.2 Å². The minimum Gasteiger partial charge on any atom is -0.490 e. The van der Waals surface area contributed by atoms with Crippen molar-refractivity contribution < 1.29 is 17.9 Å². The van der Waals surface area contributed by atoms with Crippen LogP contribution in [0, 0.1) is 12.3 Å². The van der Waals surface area contributed by atoms with Gasteiger partial charge in [0.25, 0.3) is 0 Å². The Balaban J connectivity index is 1.68. The zero-order chi connectivity index (χ0) is 23.2. The van der Waals surface area contributed by atoms with E-state index in [4.69, 9.17) is 4.74 Å². The first-order valence-corrected chi connectivity index (χ1v) is 10.3. The Morgan fingerprint density at radius 1 is 0.938 bits per heavy atom. The molecule has 3 aromatic rings. The highest BCUT2D eigenvalue weighted by molar-refractivity contribution is 5.25. The molecular weight excluding hydrogens is 417 g/mol. The average molecular weight is 445 g/mol. The van der Waals surface area contributed by atoms with Gasteiger partial charge in [0, 0.05) is 37.4 Å². The van der Waals surface area contributed by atoms with Gasteiger partial charge in [-0.15, -0.1) is 0 Å². The van der Waals surface area contributed by atoms with E-state index in [0.717, 1.165) is 31.0 Å². The molecule has 1 aromatic carbocycles. The molecule has 32 heavy (non-hydrogen) atoms. The van der Waals surface area contributed by atoms with E-state index in [1.54, 1.807) is 6.20 Å². The molecule has 0 aliphatic rings. The zero-order valence-corrected chi connectivity index (χ0v) is 18.4. The lowest BCUT2D eigenvalue weighted by Crippen LogP contribution is -2.37. The summed E-state index contributed by atoms with van der Waals surface area (Å²) in [6, 6.07) is 12.2. The Labute approximate surface area is 186 Å². The summed E-state index contributed by atoms with van der Waals surface area (Å²) in [6.45, 7) is 8.70. The highest BCUT2D eigenvalue weighted by Crippen LogP contribution is 2.27. The molecule has 2 heterocycles. The topological polar surface area (TPSA) is 51.1 Å². The third-order valence-electron chi connectivity index (χ3n) is 4.95. The molecule has 0 N–H and O–H groups in total. The van der Waals surface area contributed by atoms with Crippen molar-refractivity contribution in [3.8, 4) is 5.75 Å². The fourth-order valence-electron chi connectivity index (χ4n) is 3.41. The molecule has 5 nitrogen and oxygen atoms in total. The molecule has 0 unspecified atom stereocenters. The number of hydrogen-bond donors (Lipinski definition) is 0. The van der Waals surface area contributed by atoms with Crippen molar-refractivity contribution in [2.75, 3.05) is 13.2 Å². The number of aryl methyl sites for hydroxylation is 1. The van der Waals surface area contributed by atoms with Crippen LogP contribution in [0.15, 0.2) is 61.2 Å². The zero-order valence-electron chi connectivity index (χ0n) is 18.4. The van der Waals surface area contributed by atoms with E-state index in [0.29, 0.717) is 13.2 Å². The first-order valence-electron chi connectivity index (χ1n) is 10.3. The summed E-state index contributed by atoms with van der Waals surface area (Å²) in [7, 11) is 0. The van der Waals surface area contributed by atoms with Crippen LogP contribution in [0.3, 0.4) is 0 Å². The molecule has 0 bridgehead atoms. The van der Waals surface area contributed by atoms with E-state index in [2.05, 4.69) is 52.8 Å². The maximum atomic E-state index is 12.6. The van der Waals surface area contributed by atoms with E-state index >= 15 is 0 Å². The average Bonchev–Trinajstić information content (AvgIpc) is 2.74. The fraction of sp³-hybridized carbons (Fsp3) is 0.375. The largest absolute Gasteiger partial charge is 0.490 e. The Hall–Kier alpha value is -3.00. The van der Waals surface area contributed by atoms with Gasteiger partial charge in [0.15, 0.2) is 5.75 Å². The quantitative estimate of drug-likeness (QED) is 0.448. The highest BCUT2D eigenvalue weighted by Gasteiger charge is 2.34. The minimum absolute atomic E-state index is 0.212. The Morgan fingerprint density at radius 2 is 1.66 bits per heavy atom. The lowest BCUT2D eigenvalue weighted by atomic mass is 9.93. The van der Waals surface area contributed by atoms with Gasteiger partial charge in [-0.25, -0.2) is 9.97 Å². The van der Waals surface area contributed by atoms with Crippen LogP contribution in [0.1, 0.15) is 36.4 Å². The fourth-order valence-corrected chi connectivity index (χ4v) is 3.41. The number of benzene rings is 1. The number of halogens is 3. The molecule has 170 valence electrons. The van der Waals surface area contributed by atoms with Crippen LogP contribution in [-0.4, -0.2) is 33.0 Å². The molecule has 0 aliphatic carbocycles. The second kappa shape index (κ2) is 10.1. The van der Waals surface area contributed by atoms with E-state index < -0.39 is 12.0 Å². The molecule has 0 aliphatic heterocycles. The monoisotopic (exact) mass is 444 g/mol. The second-order valence-electron chi connectivity index (χ2n) is 8.63. The standard InChI is InChI=1S/C24H27F3N4O/c1-18-7-4-5-9-20(18)15-31(14-19-8-6-10-28-11-19)16-23(2,3)17-32-21-12-29-22(30-13-21)24(25,26)27/h4-13H,14-17H2,1-3H3. The van der Waals surface area contributed by atoms with Gasteiger partial charge >= 0.3 is 6.18 Å². The molecule has 0 radical (unpaired) electrons. The third-order valence-corrected chi connectivity index (χ3v) is 4.95. The van der Waals surface area contributed by atoms with Crippen molar-refractivity contribution in [2.24, 2.45) is 5.41 Å². The number of ether oxygens (including phenoxy) is 1. The Bertz CT molecular complexity index is 992. The summed E-state index contributed by atoms with van der Waals surface area (Å²) >= 11 is 0. The number of rotatable bonds is 9. The van der Waals surface area contributed by atoms with Gasteiger partial charge in [0.2, 0.25) is 5.82 Å². The predicted octanol–water partition coefficient (Wildman–Crippen LogP) is 5.31. The molecule has 0 saturated heterocycles. The number of nitrogens with zero attached hydrogens (tertiary/aromatic N) is 4. The normalized spacial score (nSPS) is 12.2. The van der Waals surface area contributed by atoms with Crippen molar-refractivity contribution >= 4 is 0 Å². The maximum Gasteiger partial charge on any atom is 0.451 e. The molecule has 0 amide bonds. The van der Waals surface area contributed by atoms with Crippen molar-refractivity contribution in [1.82, 2.24) is 19.9 Å². The van der Waals surface area contributed by atoms with Gasteiger partial charge in [-0.05, 0) is 29.7 Å². The number of hydrogen-bond acceptors (Lipinski definition) is 5. The number of aromatic nitrogens is 3. The molecule has 0 fully saturated rings. The van der Waals surface area contributed by atoms with Crippen LogP contribution in [0.5, 0.6) is 5.75 Å². The summed E-state index contributed by atoms with van der Waals surface area (Å²) < 4.78 is 43.7. The van der Waals surface area contributed by atoms with E-state index in [1.807, 2.05) is 30.5 Å².